The maximum atomic E-state index is 14.2. The molecule has 1 amide bonds. The summed E-state index contributed by atoms with van der Waals surface area (Å²) in [5.41, 5.74) is -0.234. The number of ether oxygens (including phenoxy) is 5. The first kappa shape index (κ1) is 32.4. The third-order valence-electron chi connectivity index (χ3n) is 8.70. The molecule has 4 aliphatic heterocycles. The topological polar surface area (TPSA) is 124 Å². The van der Waals surface area contributed by atoms with Crippen LogP contribution in [0.5, 0.6) is 11.5 Å². The van der Waals surface area contributed by atoms with Gasteiger partial charge in [-0.25, -0.2) is 13.2 Å². The van der Waals surface area contributed by atoms with Gasteiger partial charge in [-0.05, 0) is 68.5 Å². The summed E-state index contributed by atoms with van der Waals surface area (Å²) in [5.74, 6) is 1.58. The number of hydrogen-bond donors (Lipinski definition) is 1. The lowest BCUT2D eigenvalue weighted by atomic mass is 9.99. The van der Waals surface area contributed by atoms with E-state index in [1.54, 1.807) is 73.0 Å². The van der Waals surface area contributed by atoms with E-state index < -0.39 is 40.1 Å². The van der Waals surface area contributed by atoms with Crippen molar-refractivity contribution in [1.82, 2.24) is 9.21 Å². The van der Waals surface area contributed by atoms with Gasteiger partial charge < -0.3 is 28.8 Å². The third kappa shape index (κ3) is 6.79. The predicted octanol–water partition coefficient (Wildman–Crippen LogP) is 4.47. The lowest BCUT2D eigenvalue weighted by Gasteiger charge is -2.34. The number of benzene rings is 2. The summed E-state index contributed by atoms with van der Waals surface area (Å²) >= 11 is 1.58. The van der Waals surface area contributed by atoms with Crippen LogP contribution in [0.25, 0.3) is 0 Å². The molecule has 0 aromatic heterocycles. The number of nitrogens with zero attached hydrogens (tertiary/aromatic N) is 2. The molecule has 3 fully saturated rings. The minimum absolute atomic E-state index is 0.0289. The highest BCUT2D eigenvalue weighted by Gasteiger charge is 2.53. The Labute approximate surface area is 269 Å². The van der Waals surface area contributed by atoms with E-state index in [1.165, 1.54) is 4.31 Å². The largest absolute Gasteiger partial charge is 0.508 e. The molecule has 0 radical (unpaired) electrons. The van der Waals surface area contributed by atoms with E-state index in [0.717, 1.165) is 22.6 Å². The molecular weight excluding hydrogens is 620 g/mol. The monoisotopic (exact) mass is 662 g/mol. The number of sulfonamides is 1. The summed E-state index contributed by atoms with van der Waals surface area (Å²) < 4.78 is 59.5. The van der Waals surface area contributed by atoms with Crippen LogP contribution in [0.3, 0.4) is 0 Å². The Kier molecular flexibility index (Phi) is 9.30. The molecule has 11 nitrogen and oxygen atoms in total. The first-order valence-electron chi connectivity index (χ1n) is 15.5. The van der Waals surface area contributed by atoms with E-state index in [0.29, 0.717) is 25.4 Å². The second kappa shape index (κ2) is 12.9. The quantitative estimate of drug-likeness (QED) is 0.412. The van der Waals surface area contributed by atoms with Gasteiger partial charge in [-0.1, -0.05) is 26.0 Å². The van der Waals surface area contributed by atoms with Crippen LogP contribution in [-0.4, -0.2) is 97.8 Å². The van der Waals surface area contributed by atoms with Gasteiger partial charge in [0.2, 0.25) is 10.0 Å². The Hall–Kier alpha value is -2.55. The van der Waals surface area contributed by atoms with E-state index in [2.05, 4.69) is 0 Å². The van der Waals surface area contributed by atoms with Crippen molar-refractivity contribution in [2.45, 2.75) is 80.6 Å². The molecule has 4 heterocycles. The van der Waals surface area contributed by atoms with Gasteiger partial charge in [-0.15, -0.1) is 11.8 Å². The van der Waals surface area contributed by atoms with Gasteiger partial charge in [0.25, 0.3) is 0 Å². The third-order valence-corrected chi connectivity index (χ3v) is 11.5. The Bertz CT molecular complexity index is 1480. The molecule has 2 aromatic carbocycles. The number of phenolic OH excluding ortho intramolecular Hbond substituents is 1. The summed E-state index contributed by atoms with van der Waals surface area (Å²) in [6, 6.07) is 11.2. The van der Waals surface area contributed by atoms with Crippen LogP contribution in [0.4, 0.5) is 4.79 Å². The molecule has 2 aromatic rings. The van der Waals surface area contributed by atoms with Gasteiger partial charge in [0, 0.05) is 18.8 Å². The maximum absolute atomic E-state index is 14.2. The second-order valence-electron chi connectivity index (χ2n) is 12.9. The van der Waals surface area contributed by atoms with Crippen molar-refractivity contribution in [2.75, 3.05) is 38.7 Å². The standard InChI is InChI=1S/C32H42N2O9S2/c1-20(2)17-33(45(37,38)23-9-10-26-29(16-23)44-14-13-39-26)18-27-25(15-21-5-7-22(35)8-6-21)34(32(3,4)43-27)31(36)42-28-19-41-30-24(28)11-12-40-30/h5-10,16,20,24-25,27-28,30,35H,11-15,17-19H2,1-4H3/t24-,25-,27+,28-,30+/m0/s1. The fourth-order valence-corrected chi connectivity index (χ4v) is 9.21. The number of carbonyl (C=O) groups is 1. The molecule has 1 N–H and O–H groups in total. The van der Waals surface area contributed by atoms with Crippen LogP contribution >= 0.6 is 11.8 Å². The average molecular weight is 663 g/mol. The van der Waals surface area contributed by atoms with Crippen molar-refractivity contribution >= 4 is 27.9 Å². The van der Waals surface area contributed by atoms with E-state index in [1.807, 2.05) is 13.8 Å². The first-order valence-corrected chi connectivity index (χ1v) is 17.9. The van der Waals surface area contributed by atoms with Gasteiger partial charge >= 0.3 is 6.09 Å². The number of aromatic hydroxyl groups is 1. The van der Waals surface area contributed by atoms with Crippen LogP contribution in [0.2, 0.25) is 0 Å². The molecule has 0 bridgehead atoms. The predicted molar refractivity (Wildman–Crippen MR) is 167 cm³/mol. The normalized spacial score (nSPS) is 27.4. The van der Waals surface area contributed by atoms with Crippen molar-refractivity contribution in [3.05, 3.63) is 48.0 Å². The van der Waals surface area contributed by atoms with Crippen LogP contribution in [0.15, 0.2) is 52.3 Å². The van der Waals surface area contributed by atoms with Crippen LogP contribution < -0.4 is 4.74 Å². The second-order valence-corrected chi connectivity index (χ2v) is 16.0. The molecule has 0 saturated carbocycles. The highest BCUT2D eigenvalue weighted by atomic mass is 32.2. The maximum Gasteiger partial charge on any atom is 0.412 e. The molecule has 5 atom stereocenters. The van der Waals surface area contributed by atoms with Crippen LogP contribution in [0, 0.1) is 11.8 Å². The number of amides is 1. The fourth-order valence-electron chi connectivity index (χ4n) is 6.63. The van der Waals surface area contributed by atoms with E-state index in [9.17, 15) is 18.3 Å². The number of carbonyl (C=O) groups excluding carboxylic acids is 1. The zero-order valence-corrected chi connectivity index (χ0v) is 27.7. The first-order chi connectivity index (χ1) is 21.4. The average Bonchev–Trinajstić information content (AvgIpc) is 3.67. The smallest absolute Gasteiger partial charge is 0.412 e. The fraction of sp³-hybridized carbons (Fsp3) is 0.594. The summed E-state index contributed by atoms with van der Waals surface area (Å²) in [5, 5.41) is 9.89. The Morgan fingerprint density at radius 1 is 1.16 bits per heavy atom. The number of thioether (sulfide) groups is 1. The van der Waals surface area contributed by atoms with Crippen molar-refractivity contribution in [3.63, 3.8) is 0 Å². The molecule has 246 valence electrons. The molecule has 3 saturated heterocycles. The molecule has 0 aliphatic carbocycles. The van der Waals surface area contributed by atoms with Crippen LogP contribution in [-0.2, 0) is 35.4 Å². The van der Waals surface area contributed by atoms with E-state index in [4.69, 9.17) is 23.7 Å². The number of hydrogen-bond acceptors (Lipinski definition) is 10. The van der Waals surface area contributed by atoms with Crippen molar-refractivity contribution in [3.8, 4) is 11.5 Å². The summed E-state index contributed by atoms with van der Waals surface area (Å²) in [6.07, 6.45) is -0.919. The van der Waals surface area contributed by atoms with E-state index >= 15 is 0 Å². The van der Waals surface area contributed by atoms with Crippen molar-refractivity contribution < 1.29 is 42.0 Å². The minimum Gasteiger partial charge on any atom is -0.508 e. The minimum atomic E-state index is -3.94. The van der Waals surface area contributed by atoms with Gasteiger partial charge in [0.05, 0.1) is 47.7 Å². The summed E-state index contributed by atoms with van der Waals surface area (Å²) in [4.78, 5) is 16.6. The Balaban J connectivity index is 1.30. The number of rotatable bonds is 9. The SMILES string of the molecule is CC(C)CN(C[C@H]1OC(C)(C)N(C(=O)O[C@H]2CO[C@H]3OCC[C@H]32)[C@H]1Cc1ccc(O)cc1)S(=O)(=O)c1ccc2c(c1)SCCO2. The lowest BCUT2D eigenvalue weighted by molar-refractivity contribution is -0.0911. The zero-order chi connectivity index (χ0) is 31.9. The Morgan fingerprint density at radius 2 is 1.93 bits per heavy atom. The molecule has 13 heteroatoms. The molecule has 45 heavy (non-hydrogen) atoms. The van der Waals surface area contributed by atoms with Crippen LogP contribution in [0.1, 0.15) is 39.7 Å². The number of phenols is 1. The zero-order valence-electron chi connectivity index (χ0n) is 26.1. The van der Waals surface area contributed by atoms with Gasteiger partial charge in [0.1, 0.15) is 23.3 Å². The van der Waals surface area contributed by atoms with Crippen molar-refractivity contribution in [1.29, 1.82) is 0 Å². The highest BCUT2D eigenvalue weighted by molar-refractivity contribution is 7.99. The van der Waals surface area contributed by atoms with Gasteiger partial charge in [0.15, 0.2) is 6.29 Å². The van der Waals surface area contributed by atoms with Crippen molar-refractivity contribution in [2.24, 2.45) is 11.8 Å². The molecule has 4 aliphatic rings. The Morgan fingerprint density at radius 3 is 2.69 bits per heavy atom. The molecular formula is C32H42N2O9S2. The highest BCUT2D eigenvalue weighted by Crippen LogP contribution is 2.40. The van der Waals surface area contributed by atoms with E-state index in [-0.39, 0.29) is 48.5 Å². The van der Waals surface area contributed by atoms with Gasteiger partial charge in [-0.2, -0.15) is 4.31 Å². The lowest BCUT2D eigenvalue weighted by Crippen LogP contribution is -2.51. The number of fused-ring (bicyclic) bond motifs is 2. The molecule has 6 rings (SSSR count). The van der Waals surface area contributed by atoms with Gasteiger partial charge in [-0.3, -0.25) is 4.90 Å². The summed E-state index contributed by atoms with van der Waals surface area (Å²) in [6.45, 7) is 9.24. The molecule has 0 unspecified atom stereocenters. The molecule has 0 spiro atoms. The summed E-state index contributed by atoms with van der Waals surface area (Å²) in [7, 11) is -3.94.